The summed E-state index contributed by atoms with van der Waals surface area (Å²) in [6.45, 7) is 2.13. The van der Waals surface area contributed by atoms with E-state index in [1.54, 1.807) is 6.21 Å². The van der Waals surface area contributed by atoms with Gasteiger partial charge in [-0.15, -0.1) is 0 Å². The molecule has 0 aliphatic carbocycles. The Labute approximate surface area is 124 Å². The van der Waals surface area contributed by atoms with E-state index in [4.69, 9.17) is 0 Å². The van der Waals surface area contributed by atoms with Crippen molar-refractivity contribution in [1.29, 1.82) is 0 Å². The van der Waals surface area contributed by atoms with Gasteiger partial charge in [0.2, 0.25) is 0 Å². The van der Waals surface area contributed by atoms with E-state index >= 15 is 0 Å². The topological polar surface area (TPSA) is 32.6 Å². The van der Waals surface area contributed by atoms with E-state index in [2.05, 4.69) is 24.0 Å². The van der Waals surface area contributed by atoms with Gasteiger partial charge in [0.1, 0.15) is 5.75 Å². The Hall–Kier alpha value is -2.61. The SMILES string of the molecule is CCc1ccc(N=Cc2ccc3ccccc3c2O)cc1. The molecule has 0 atom stereocenters. The van der Waals surface area contributed by atoms with Crippen LogP contribution in [0.25, 0.3) is 10.8 Å². The quantitative estimate of drug-likeness (QED) is 0.680. The summed E-state index contributed by atoms with van der Waals surface area (Å²) in [7, 11) is 0. The molecule has 1 N–H and O–H groups in total. The van der Waals surface area contributed by atoms with Gasteiger partial charge < -0.3 is 5.11 Å². The first kappa shape index (κ1) is 13.4. The molecule has 0 fully saturated rings. The van der Waals surface area contributed by atoms with Crippen molar-refractivity contribution in [2.45, 2.75) is 13.3 Å². The monoisotopic (exact) mass is 275 g/mol. The number of fused-ring (bicyclic) bond motifs is 1. The Balaban J connectivity index is 1.93. The van der Waals surface area contributed by atoms with E-state index in [0.717, 1.165) is 28.4 Å². The van der Waals surface area contributed by atoms with Crippen LogP contribution in [0.3, 0.4) is 0 Å². The van der Waals surface area contributed by atoms with E-state index in [0.29, 0.717) is 0 Å². The summed E-state index contributed by atoms with van der Waals surface area (Å²) in [6, 6.07) is 19.8. The summed E-state index contributed by atoms with van der Waals surface area (Å²) < 4.78 is 0. The molecule has 3 aromatic carbocycles. The predicted molar refractivity (Wildman–Crippen MR) is 88.7 cm³/mol. The maximum atomic E-state index is 10.3. The number of aromatic hydroxyl groups is 1. The molecular formula is C19H17NO. The number of phenolic OH excluding ortho intramolecular Hbond substituents is 1. The van der Waals surface area contributed by atoms with Crippen LogP contribution < -0.4 is 0 Å². The van der Waals surface area contributed by atoms with Gasteiger partial charge in [0.25, 0.3) is 0 Å². The number of phenols is 1. The molecule has 0 amide bonds. The lowest BCUT2D eigenvalue weighted by atomic mass is 10.1. The molecule has 2 nitrogen and oxygen atoms in total. The molecule has 3 rings (SSSR count). The minimum absolute atomic E-state index is 0.280. The molecule has 0 aromatic heterocycles. The van der Waals surface area contributed by atoms with Crippen molar-refractivity contribution in [2.24, 2.45) is 4.99 Å². The van der Waals surface area contributed by atoms with Crippen molar-refractivity contribution in [1.82, 2.24) is 0 Å². The van der Waals surface area contributed by atoms with E-state index in [1.165, 1.54) is 5.56 Å². The van der Waals surface area contributed by atoms with Crippen LogP contribution in [0.1, 0.15) is 18.1 Å². The second kappa shape index (κ2) is 5.80. The lowest BCUT2D eigenvalue weighted by molar-refractivity contribution is 0.481. The molecule has 104 valence electrons. The van der Waals surface area contributed by atoms with E-state index in [9.17, 15) is 5.11 Å². The third-order valence-corrected chi connectivity index (χ3v) is 3.63. The van der Waals surface area contributed by atoms with Crippen LogP contribution in [0.15, 0.2) is 65.7 Å². The molecule has 21 heavy (non-hydrogen) atoms. The van der Waals surface area contributed by atoms with Gasteiger partial charge in [0.05, 0.1) is 5.69 Å². The molecule has 0 radical (unpaired) electrons. The van der Waals surface area contributed by atoms with E-state index in [-0.39, 0.29) is 5.75 Å². The molecule has 0 bridgehead atoms. The van der Waals surface area contributed by atoms with Gasteiger partial charge in [-0.3, -0.25) is 4.99 Å². The normalized spacial score (nSPS) is 11.3. The first-order valence-electron chi connectivity index (χ1n) is 7.11. The highest BCUT2D eigenvalue weighted by molar-refractivity contribution is 5.97. The molecule has 0 heterocycles. The minimum atomic E-state index is 0.280. The Morgan fingerprint density at radius 2 is 1.71 bits per heavy atom. The number of hydrogen-bond donors (Lipinski definition) is 1. The molecular weight excluding hydrogens is 258 g/mol. The van der Waals surface area contributed by atoms with Crippen molar-refractivity contribution in [2.75, 3.05) is 0 Å². The van der Waals surface area contributed by atoms with Crippen LogP contribution in [-0.2, 0) is 6.42 Å². The fraction of sp³-hybridized carbons (Fsp3) is 0.105. The van der Waals surface area contributed by atoms with Crippen molar-refractivity contribution in [3.8, 4) is 5.75 Å². The fourth-order valence-corrected chi connectivity index (χ4v) is 2.34. The first-order valence-corrected chi connectivity index (χ1v) is 7.11. The summed E-state index contributed by atoms with van der Waals surface area (Å²) >= 11 is 0. The molecule has 0 aliphatic rings. The average Bonchev–Trinajstić information content (AvgIpc) is 2.55. The molecule has 2 heteroatoms. The van der Waals surface area contributed by atoms with Crippen LogP contribution in [0.4, 0.5) is 5.69 Å². The predicted octanol–water partition coefficient (Wildman–Crippen LogP) is 4.86. The number of benzene rings is 3. The second-order valence-corrected chi connectivity index (χ2v) is 5.00. The smallest absolute Gasteiger partial charge is 0.132 e. The zero-order chi connectivity index (χ0) is 14.7. The number of aryl methyl sites for hydroxylation is 1. The fourth-order valence-electron chi connectivity index (χ4n) is 2.34. The third kappa shape index (κ3) is 2.79. The largest absolute Gasteiger partial charge is 0.507 e. The van der Waals surface area contributed by atoms with Crippen molar-refractivity contribution >= 4 is 22.7 Å². The highest BCUT2D eigenvalue weighted by atomic mass is 16.3. The zero-order valence-corrected chi connectivity index (χ0v) is 12.0. The Morgan fingerprint density at radius 3 is 2.48 bits per heavy atom. The maximum absolute atomic E-state index is 10.3. The van der Waals surface area contributed by atoms with Gasteiger partial charge in [0.15, 0.2) is 0 Å². The number of rotatable bonds is 3. The molecule has 3 aromatic rings. The first-order chi connectivity index (χ1) is 10.3. The van der Waals surface area contributed by atoms with Gasteiger partial charge in [0, 0.05) is 17.2 Å². The number of nitrogens with zero attached hydrogens (tertiary/aromatic N) is 1. The zero-order valence-electron chi connectivity index (χ0n) is 12.0. The van der Waals surface area contributed by atoms with Crippen molar-refractivity contribution < 1.29 is 5.11 Å². The van der Waals surface area contributed by atoms with Crippen LogP contribution in [0.2, 0.25) is 0 Å². The van der Waals surface area contributed by atoms with Crippen LogP contribution in [0.5, 0.6) is 5.75 Å². The highest BCUT2D eigenvalue weighted by Crippen LogP contribution is 2.27. The van der Waals surface area contributed by atoms with Gasteiger partial charge in [-0.2, -0.15) is 0 Å². The lowest BCUT2D eigenvalue weighted by Crippen LogP contribution is -1.84. The van der Waals surface area contributed by atoms with Gasteiger partial charge >= 0.3 is 0 Å². The Kier molecular flexibility index (Phi) is 3.69. The summed E-state index contributed by atoms with van der Waals surface area (Å²) in [6.07, 6.45) is 2.73. The van der Waals surface area contributed by atoms with Crippen molar-refractivity contribution in [3.63, 3.8) is 0 Å². The summed E-state index contributed by atoms with van der Waals surface area (Å²) in [5.74, 6) is 0.280. The highest BCUT2D eigenvalue weighted by Gasteiger charge is 2.03. The van der Waals surface area contributed by atoms with E-state index < -0.39 is 0 Å². The third-order valence-electron chi connectivity index (χ3n) is 3.63. The van der Waals surface area contributed by atoms with Gasteiger partial charge in [-0.1, -0.05) is 49.4 Å². The van der Waals surface area contributed by atoms with Gasteiger partial charge in [-0.05, 0) is 35.6 Å². The summed E-state index contributed by atoms with van der Waals surface area (Å²) in [4.78, 5) is 4.43. The van der Waals surface area contributed by atoms with Crippen molar-refractivity contribution in [3.05, 3.63) is 71.8 Å². The van der Waals surface area contributed by atoms with Crippen LogP contribution >= 0.6 is 0 Å². The summed E-state index contributed by atoms with van der Waals surface area (Å²) in [5.41, 5.74) is 2.91. The van der Waals surface area contributed by atoms with Gasteiger partial charge in [-0.25, -0.2) is 0 Å². The molecule has 0 aliphatic heterocycles. The van der Waals surface area contributed by atoms with E-state index in [1.807, 2.05) is 48.5 Å². The molecule has 0 saturated heterocycles. The minimum Gasteiger partial charge on any atom is -0.507 e. The second-order valence-electron chi connectivity index (χ2n) is 5.00. The molecule has 0 unspecified atom stereocenters. The maximum Gasteiger partial charge on any atom is 0.132 e. The molecule has 0 spiro atoms. The number of hydrogen-bond acceptors (Lipinski definition) is 2. The molecule has 0 saturated carbocycles. The Morgan fingerprint density at radius 1 is 0.952 bits per heavy atom. The lowest BCUT2D eigenvalue weighted by Gasteiger charge is -2.04. The summed E-state index contributed by atoms with van der Waals surface area (Å²) in [5, 5.41) is 12.2. The van der Waals surface area contributed by atoms with Crippen LogP contribution in [-0.4, -0.2) is 11.3 Å². The Bertz CT molecular complexity index is 788. The average molecular weight is 275 g/mol. The number of aliphatic imine (C=N–C) groups is 1. The standard InChI is InChI=1S/C19H17NO/c1-2-14-7-11-17(12-8-14)20-13-16-10-9-15-5-3-4-6-18(15)19(16)21/h3-13,21H,2H2,1H3. The van der Waals surface area contributed by atoms with Crippen LogP contribution in [0, 0.1) is 0 Å².